The minimum atomic E-state index is -0.941. The standard InChI is InChI=1S/C12H18N2O2S/c1-3-17-7-8(2)14-11-6-9(12(15)16)4-5-10(11)13/h4-6,8,14H,3,7,13H2,1-2H3,(H,15,16). The largest absolute Gasteiger partial charge is 0.478 e. The fraction of sp³-hybridized carbons (Fsp3) is 0.417. The van der Waals surface area contributed by atoms with Gasteiger partial charge in [0.25, 0.3) is 0 Å². The molecule has 1 aromatic rings. The summed E-state index contributed by atoms with van der Waals surface area (Å²) in [5, 5.41) is 12.1. The maximum absolute atomic E-state index is 10.8. The third kappa shape index (κ3) is 4.19. The number of carbonyl (C=O) groups is 1. The van der Waals surface area contributed by atoms with Gasteiger partial charge in [0.15, 0.2) is 0 Å². The van der Waals surface area contributed by atoms with Crippen molar-refractivity contribution in [1.82, 2.24) is 0 Å². The van der Waals surface area contributed by atoms with Gasteiger partial charge >= 0.3 is 5.97 Å². The van der Waals surface area contributed by atoms with Gasteiger partial charge in [-0.15, -0.1) is 0 Å². The SMILES string of the molecule is CCSCC(C)Nc1cc(C(=O)O)ccc1N. The van der Waals surface area contributed by atoms with Crippen LogP contribution in [0, 0.1) is 0 Å². The van der Waals surface area contributed by atoms with Crippen molar-refractivity contribution in [3.05, 3.63) is 23.8 Å². The highest BCUT2D eigenvalue weighted by Gasteiger charge is 2.08. The van der Waals surface area contributed by atoms with Crippen LogP contribution in [0.2, 0.25) is 0 Å². The molecule has 1 aromatic carbocycles. The van der Waals surface area contributed by atoms with Crippen LogP contribution in [0.5, 0.6) is 0 Å². The molecule has 4 N–H and O–H groups in total. The van der Waals surface area contributed by atoms with Crippen LogP contribution in [0.4, 0.5) is 11.4 Å². The van der Waals surface area contributed by atoms with Crippen LogP contribution in [-0.2, 0) is 0 Å². The minimum Gasteiger partial charge on any atom is -0.478 e. The fourth-order valence-electron chi connectivity index (χ4n) is 1.42. The van der Waals surface area contributed by atoms with Gasteiger partial charge in [0.05, 0.1) is 16.9 Å². The third-order valence-corrected chi connectivity index (χ3v) is 3.42. The number of thioether (sulfide) groups is 1. The second-order valence-electron chi connectivity index (χ2n) is 3.81. The normalized spacial score (nSPS) is 12.1. The zero-order valence-corrected chi connectivity index (χ0v) is 10.9. The first-order valence-corrected chi connectivity index (χ1v) is 6.67. The number of carboxylic acids is 1. The summed E-state index contributed by atoms with van der Waals surface area (Å²) in [5.74, 6) is 1.09. The summed E-state index contributed by atoms with van der Waals surface area (Å²) in [7, 11) is 0. The lowest BCUT2D eigenvalue weighted by atomic mass is 10.1. The molecule has 1 rings (SSSR count). The van der Waals surface area contributed by atoms with Crippen LogP contribution >= 0.6 is 11.8 Å². The molecule has 0 heterocycles. The van der Waals surface area contributed by atoms with Crippen molar-refractivity contribution in [3.8, 4) is 0 Å². The van der Waals surface area contributed by atoms with Crippen molar-refractivity contribution in [1.29, 1.82) is 0 Å². The number of nitrogen functional groups attached to an aromatic ring is 1. The first-order valence-electron chi connectivity index (χ1n) is 5.51. The molecule has 0 aromatic heterocycles. The molecule has 0 saturated carbocycles. The van der Waals surface area contributed by atoms with E-state index in [1.54, 1.807) is 12.1 Å². The Morgan fingerprint density at radius 3 is 2.88 bits per heavy atom. The van der Waals surface area contributed by atoms with E-state index < -0.39 is 5.97 Å². The molecule has 0 radical (unpaired) electrons. The highest BCUT2D eigenvalue weighted by Crippen LogP contribution is 2.21. The lowest BCUT2D eigenvalue weighted by Crippen LogP contribution is -2.19. The van der Waals surface area contributed by atoms with Crippen LogP contribution in [-0.4, -0.2) is 28.6 Å². The van der Waals surface area contributed by atoms with Crippen LogP contribution in [0.15, 0.2) is 18.2 Å². The van der Waals surface area contributed by atoms with E-state index in [1.807, 2.05) is 11.8 Å². The molecule has 0 amide bonds. The average Bonchev–Trinajstić information content (AvgIpc) is 2.29. The van der Waals surface area contributed by atoms with Crippen LogP contribution < -0.4 is 11.1 Å². The Labute approximate surface area is 106 Å². The molecule has 1 atom stereocenters. The summed E-state index contributed by atoms with van der Waals surface area (Å²) in [5.41, 5.74) is 7.31. The summed E-state index contributed by atoms with van der Waals surface area (Å²) in [6.45, 7) is 4.16. The number of rotatable bonds is 6. The van der Waals surface area contributed by atoms with Crippen LogP contribution in [0.25, 0.3) is 0 Å². The zero-order valence-electron chi connectivity index (χ0n) is 10.1. The van der Waals surface area contributed by atoms with Gasteiger partial charge in [0.1, 0.15) is 0 Å². The Hall–Kier alpha value is -1.36. The van der Waals surface area contributed by atoms with E-state index in [-0.39, 0.29) is 11.6 Å². The topological polar surface area (TPSA) is 75.3 Å². The maximum Gasteiger partial charge on any atom is 0.335 e. The number of nitrogens with one attached hydrogen (secondary N) is 1. The van der Waals surface area contributed by atoms with E-state index >= 15 is 0 Å². The summed E-state index contributed by atoms with van der Waals surface area (Å²) < 4.78 is 0. The number of anilines is 2. The summed E-state index contributed by atoms with van der Waals surface area (Å²) in [4.78, 5) is 10.8. The van der Waals surface area contributed by atoms with E-state index in [4.69, 9.17) is 10.8 Å². The van der Waals surface area contributed by atoms with Crippen molar-refractivity contribution >= 4 is 29.1 Å². The number of benzene rings is 1. The molecular weight excluding hydrogens is 236 g/mol. The smallest absolute Gasteiger partial charge is 0.335 e. The Morgan fingerprint density at radius 2 is 2.29 bits per heavy atom. The molecule has 1 unspecified atom stereocenters. The lowest BCUT2D eigenvalue weighted by molar-refractivity contribution is 0.0697. The lowest BCUT2D eigenvalue weighted by Gasteiger charge is -2.16. The van der Waals surface area contributed by atoms with Gasteiger partial charge in [-0.1, -0.05) is 6.92 Å². The predicted octanol–water partition coefficient (Wildman–Crippen LogP) is 2.52. The van der Waals surface area contributed by atoms with E-state index in [2.05, 4.69) is 19.2 Å². The average molecular weight is 254 g/mol. The minimum absolute atomic E-state index is 0.247. The second kappa shape index (κ2) is 6.39. The first kappa shape index (κ1) is 13.7. The van der Waals surface area contributed by atoms with Gasteiger partial charge in [-0.05, 0) is 30.9 Å². The Kier molecular flexibility index (Phi) is 5.15. The van der Waals surface area contributed by atoms with Gasteiger partial charge in [0, 0.05) is 11.8 Å². The third-order valence-electron chi connectivity index (χ3n) is 2.27. The van der Waals surface area contributed by atoms with Crippen molar-refractivity contribution < 1.29 is 9.90 Å². The summed E-state index contributed by atoms with van der Waals surface area (Å²) >= 11 is 1.83. The number of carboxylic acid groups (broad SMARTS) is 1. The van der Waals surface area contributed by atoms with E-state index in [1.165, 1.54) is 6.07 Å². The quantitative estimate of drug-likeness (QED) is 0.680. The van der Waals surface area contributed by atoms with E-state index in [9.17, 15) is 4.79 Å². The van der Waals surface area contributed by atoms with Gasteiger partial charge in [0.2, 0.25) is 0 Å². The summed E-state index contributed by atoms with van der Waals surface area (Å²) in [6, 6.07) is 4.95. The molecule has 0 aliphatic carbocycles. The molecule has 5 heteroatoms. The predicted molar refractivity (Wildman–Crippen MR) is 73.9 cm³/mol. The van der Waals surface area contributed by atoms with Crippen molar-refractivity contribution in [2.75, 3.05) is 22.6 Å². The van der Waals surface area contributed by atoms with Gasteiger partial charge in [-0.2, -0.15) is 11.8 Å². The van der Waals surface area contributed by atoms with Gasteiger partial charge in [-0.3, -0.25) is 0 Å². The number of aromatic carboxylic acids is 1. The Bertz CT molecular complexity index is 396. The number of nitrogens with two attached hydrogens (primary N) is 1. The van der Waals surface area contributed by atoms with Crippen LogP contribution in [0.3, 0.4) is 0 Å². The fourth-order valence-corrected chi connectivity index (χ4v) is 2.09. The molecule has 0 saturated heterocycles. The molecule has 0 spiro atoms. The van der Waals surface area contributed by atoms with Gasteiger partial charge in [-0.25, -0.2) is 4.79 Å². The highest BCUT2D eigenvalue weighted by atomic mass is 32.2. The van der Waals surface area contributed by atoms with Gasteiger partial charge < -0.3 is 16.2 Å². The molecule has 4 nitrogen and oxygen atoms in total. The number of hydrogen-bond donors (Lipinski definition) is 3. The molecule has 0 bridgehead atoms. The van der Waals surface area contributed by atoms with Crippen LogP contribution in [0.1, 0.15) is 24.2 Å². The Morgan fingerprint density at radius 1 is 1.59 bits per heavy atom. The first-order chi connectivity index (χ1) is 8.04. The zero-order chi connectivity index (χ0) is 12.8. The molecular formula is C12H18N2O2S. The highest BCUT2D eigenvalue weighted by molar-refractivity contribution is 7.99. The molecule has 94 valence electrons. The Balaban J connectivity index is 2.75. The molecule has 17 heavy (non-hydrogen) atoms. The molecule has 0 aliphatic rings. The van der Waals surface area contributed by atoms with E-state index in [0.29, 0.717) is 11.4 Å². The number of hydrogen-bond acceptors (Lipinski definition) is 4. The molecule has 0 aliphatic heterocycles. The molecule has 0 fully saturated rings. The maximum atomic E-state index is 10.8. The monoisotopic (exact) mass is 254 g/mol. The summed E-state index contributed by atoms with van der Waals surface area (Å²) in [6.07, 6.45) is 0. The van der Waals surface area contributed by atoms with Crippen molar-refractivity contribution in [2.24, 2.45) is 0 Å². The van der Waals surface area contributed by atoms with E-state index in [0.717, 1.165) is 11.5 Å². The van der Waals surface area contributed by atoms with Crippen molar-refractivity contribution in [3.63, 3.8) is 0 Å². The second-order valence-corrected chi connectivity index (χ2v) is 5.13. The van der Waals surface area contributed by atoms with Crippen molar-refractivity contribution in [2.45, 2.75) is 19.9 Å².